The Kier molecular flexibility index (Phi) is 6.23. The molecule has 0 amide bonds. The van der Waals surface area contributed by atoms with Crippen LogP contribution in [0.15, 0.2) is 41.5 Å². The summed E-state index contributed by atoms with van der Waals surface area (Å²) >= 11 is 0. The quantitative estimate of drug-likeness (QED) is 0.537. The summed E-state index contributed by atoms with van der Waals surface area (Å²) in [5.41, 5.74) is 1.03. The van der Waals surface area contributed by atoms with Crippen LogP contribution in [0.25, 0.3) is 0 Å². The number of hydrogen-bond acceptors (Lipinski definition) is 2. The van der Waals surface area contributed by atoms with E-state index in [2.05, 4.69) is 49.1 Å². The number of allylic oxidation sites excluding steroid dienone is 2. The van der Waals surface area contributed by atoms with Crippen LogP contribution >= 0.6 is 0 Å². The van der Waals surface area contributed by atoms with Gasteiger partial charge in [-0.05, 0) is 37.3 Å². The molecular weight excluding hydrogens is 208 g/mol. The van der Waals surface area contributed by atoms with Crippen LogP contribution in [-0.2, 0) is 6.54 Å². The second-order valence-corrected chi connectivity index (χ2v) is 4.53. The van der Waals surface area contributed by atoms with Crippen molar-refractivity contribution in [2.24, 2.45) is 16.8 Å². The van der Waals surface area contributed by atoms with Crippen LogP contribution in [0, 0.1) is 11.8 Å². The van der Waals surface area contributed by atoms with Gasteiger partial charge in [0, 0.05) is 12.4 Å². The third-order valence-corrected chi connectivity index (χ3v) is 2.60. The Balaban J connectivity index is 2.33. The van der Waals surface area contributed by atoms with Gasteiger partial charge < -0.3 is 0 Å². The molecule has 1 heterocycles. The van der Waals surface area contributed by atoms with Crippen molar-refractivity contribution < 1.29 is 0 Å². The Bertz CT molecular complexity index is 354. The van der Waals surface area contributed by atoms with E-state index in [1.165, 1.54) is 0 Å². The van der Waals surface area contributed by atoms with Gasteiger partial charge in [-0.1, -0.05) is 32.1 Å². The fourth-order valence-corrected chi connectivity index (χ4v) is 1.87. The molecule has 2 unspecified atom stereocenters. The van der Waals surface area contributed by atoms with Crippen molar-refractivity contribution in [3.63, 3.8) is 0 Å². The molecule has 0 aliphatic heterocycles. The lowest BCUT2D eigenvalue weighted by Gasteiger charge is -2.09. The van der Waals surface area contributed by atoms with E-state index in [9.17, 15) is 0 Å². The van der Waals surface area contributed by atoms with Crippen LogP contribution in [-0.4, -0.2) is 11.2 Å². The maximum absolute atomic E-state index is 4.44. The molecule has 2 heteroatoms. The lowest BCUT2D eigenvalue weighted by Crippen LogP contribution is -2.02. The van der Waals surface area contributed by atoms with Crippen LogP contribution in [0.1, 0.15) is 32.9 Å². The average Bonchev–Trinajstić information content (AvgIpc) is 2.30. The number of nitrogens with zero attached hydrogens (tertiary/aromatic N) is 2. The van der Waals surface area contributed by atoms with Gasteiger partial charge in [-0.25, -0.2) is 0 Å². The number of hydrogen-bond donors (Lipinski definition) is 0. The smallest absolute Gasteiger partial charge is 0.0807 e. The molecule has 0 radical (unpaired) electrons. The third-order valence-electron chi connectivity index (χ3n) is 2.60. The Labute approximate surface area is 105 Å². The summed E-state index contributed by atoms with van der Waals surface area (Å²) in [4.78, 5) is 8.68. The lowest BCUT2D eigenvalue weighted by molar-refractivity contribution is 0.571. The molecule has 0 saturated carbocycles. The van der Waals surface area contributed by atoms with E-state index in [-0.39, 0.29) is 0 Å². The molecule has 2 atom stereocenters. The Morgan fingerprint density at radius 3 is 2.76 bits per heavy atom. The third kappa shape index (κ3) is 6.00. The predicted octanol–water partition coefficient (Wildman–Crippen LogP) is 3.89. The van der Waals surface area contributed by atoms with E-state index < -0.39 is 0 Å². The topological polar surface area (TPSA) is 25.2 Å². The molecule has 0 aliphatic carbocycles. The summed E-state index contributed by atoms with van der Waals surface area (Å²) in [5.74, 6) is 1.14. The first-order valence-corrected chi connectivity index (χ1v) is 6.25. The molecule has 0 saturated heterocycles. The summed E-state index contributed by atoms with van der Waals surface area (Å²) in [6.45, 7) is 7.20. The minimum Gasteiger partial charge on any atom is -0.291 e. The molecule has 1 aromatic rings. The first-order valence-electron chi connectivity index (χ1n) is 6.25. The van der Waals surface area contributed by atoms with Crippen molar-refractivity contribution >= 4 is 6.21 Å². The normalized spacial score (nSPS) is 15.5. The molecule has 0 aliphatic rings. The first-order chi connectivity index (χ1) is 8.22. The maximum atomic E-state index is 4.44. The highest BCUT2D eigenvalue weighted by molar-refractivity contribution is 5.60. The minimum atomic E-state index is 0.518. The molecule has 0 fully saturated rings. The lowest BCUT2D eigenvalue weighted by atomic mass is 9.98. The number of pyridine rings is 1. The molecule has 17 heavy (non-hydrogen) atoms. The fourth-order valence-electron chi connectivity index (χ4n) is 1.87. The maximum Gasteiger partial charge on any atom is 0.0807 e. The Morgan fingerprint density at radius 1 is 1.29 bits per heavy atom. The molecule has 0 N–H and O–H groups in total. The van der Waals surface area contributed by atoms with Gasteiger partial charge in [0.05, 0.1) is 12.2 Å². The van der Waals surface area contributed by atoms with Gasteiger partial charge in [0.15, 0.2) is 0 Å². The second-order valence-electron chi connectivity index (χ2n) is 4.53. The zero-order chi connectivity index (χ0) is 12.5. The van der Waals surface area contributed by atoms with Crippen molar-refractivity contribution in [2.75, 3.05) is 0 Å². The van der Waals surface area contributed by atoms with Crippen LogP contribution in [0.3, 0.4) is 0 Å². The van der Waals surface area contributed by atoms with Gasteiger partial charge in [-0.2, -0.15) is 0 Å². The molecule has 92 valence electrons. The molecule has 1 aromatic heterocycles. The molecule has 0 aromatic carbocycles. The predicted molar refractivity (Wildman–Crippen MR) is 74.2 cm³/mol. The monoisotopic (exact) mass is 230 g/mol. The van der Waals surface area contributed by atoms with Gasteiger partial charge in [-0.15, -0.1) is 0 Å². The Morgan fingerprint density at radius 2 is 2.12 bits per heavy atom. The van der Waals surface area contributed by atoms with Gasteiger partial charge in [0.1, 0.15) is 0 Å². The van der Waals surface area contributed by atoms with Gasteiger partial charge >= 0.3 is 0 Å². The van der Waals surface area contributed by atoms with Crippen molar-refractivity contribution in [3.05, 3.63) is 42.2 Å². The highest BCUT2D eigenvalue weighted by Crippen LogP contribution is 2.11. The van der Waals surface area contributed by atoms with E-state index in [1.54, 1.807) is 0 Å². The number of aromatic nitrogens is 1. The fraction of sp³-hybridized carbons (Fsp3) is 0.467. The highest BCUT2D eigenvalue weighted by Gasteiger charge is 2.03. The van der Waals surface area contributed by atoms with Crippen LogP contribution in [0.5, 0.6) is 0 Å². The van der Waals surface area contributed by atoms with E-state index in [4.69, 9.17) is 0 Å². The summed E-state index contributed by atoms with van der Waals surface area (Å²) in [5, 5.41) is 0. The van der Waals surface area contributed by atoms with Gasteiger partial charge in [0.2, 0.25) is 0 Å². The molecule has 2 nitrogen and oxygen atoms in total. The standard InChI is InChI=1S/C15H22N2/c1-4-7-13(2)10-14(3)11-16-12-15-8-5-6-9-17-15/h4-9,11,13-14H,10,12H2,1-3H3. The van der Waals surface area contributed by atoms with Crippen molar-refractivity contribution in [1.82, 2.24) is 4.98 Å². The minimum absolute atomic E-state index is 0.518. The molecular formula is C15H22N2. The van der Waals surface area contributed by atoms with E-state index in [0.717, 1.165) is 12.1 Å². The van der Waals surface area contributed by atoms with Crippen LogP contribution in [0.2, 0.25) is 0 Å². The average molecular weight is 230 g/mol. The number of rotatable bonds is 6. The van der Waals surface area contributed by atoms with Crippen LogP contribution < -0.4 is 0 Å². The van der Waals surface area contributed by atoms with E-state index in [1.807, 2.05) is 24.4 Å². The zero-order valence-electron chi connectivity index (χ0n) is 11.0. The summed E-state index contributed by atoms with van der Waals surface area (Å²) in [7, 11) is 0. The van der Waals surface area contributed by atoms with E-state index >= 15 is 0 Å². The van der Waals surface area contributed by atoms with E-state index in [0.29, 0.717) is 18.4 Å². The SMILES string of the molecule is CC=CC(C)CC(C)C=NCc1ccccn1. The van der Waals surface area contributed by atoms with Gasteiger partial charge in [0.25, 0.3) is 0 Å². The molecule has 0 bridgehead atoms. The summed E-state index contributed by atoms with van der Waals surface area (Å²) < 4.78 is 0. The second kappa shape index (κ2) is 7.77. The van der Waals surface area contributed by atoms with Crippen molar-refractivity contribution in [2.45, 2.75) is 33.7 Å². The Hall–Kier alpha value is -1.44. The zero-order valence-corrected chi connectivity index (χ0v) is 11.0. The van der Waals surface area contributed by atoms with Crippen LogP contribution in [0.4, 0.5) is 0 Å². The van der Waals surface area contributed by atoms with Gasteiger partial charge in [-0.3, -0.25) is 9.98 Å². The molecule has 1 rings (SSSR count). The largest absolute Gasteiger partial charge is 0.291 e. The highest BCUT2D eigenvalue weighted by atomic mass is 14.8. The van der Waals surface area contributed by atoms with Crippen molar-refractivity contribution in [1.29, 1.82) is 0 Å². The number of aliphatic imine (C=N–C) groups is 1. The summed E-state index contributed by atoms with van der Waals surface area (Å²) in [6.07, 6.45) is 9.36. The summed E-state index contributed by atoms with van der Waals surface area (Å²) in [6, 6.07) is 5.93. The first kappa shape index (κ1) is 13.6. The van der Waals surface area contributed by atoms with Crippen molar-refractivity contribution in [3.8, 4) is 0 Å². The molecule has 0 spiro atoms.